The lowest BCUT2D eigenvalue weighted by Crippen LogP contribution is -2.44. The van der Waals surface area contributed by atoms with Gasteiger partial charge in [0, 0.05) is 6.42 Å². The molecule has 112 valence electrons. The molecule has 2 bridgehead atoms. The second-order valence-corrected chi connectivity index (χ2v) is 10.9. The van der Waals surface area contributed by atoms with Crippen LogP contribution in [-0.2, 0) is 0 Å². The Morgan fingerprint density at radius 1 is 1.20 bits per heavy atom. The molecular weight excluding hydrogens is 449 g/mol. The van der Waals surface area contributed by atoms with Crippen LogP contribution in [0, 0.1) is 17.8 Å². The van der Waals surface area contributed by atoms with Gasteiger partial charge < -0.3 is 0 Å². The molecule has 0 N–H and O–H groups in total. The van der Waals surface area contributed by atoms with Gasteiger partial charge in [-0.05, 0) is 26.2 Å². The van der Waals surface area contributed by atoms with Gasteiger partial charge in [0.1, 0.15) is 9.75 Å². The van der Waals surface area contributed by atoms with Crippen LogP contribution in [0.3, 0.4) is 0 Å². The van der Waals surface area contributed by atoms with E-state index in [0.717, 1.165) is 0 Å². The van der Waals surface area contributed by atoms with Crippen LogP contribution in [0.25, 0.3) is 0 Å². The van der Waals surface area contributed by atoms with Crippen molar-refractivity contribution in [3.05, 3.63) is 10.1 Å². The van der Waals surface area contributed by atoms with E-state index in [0.29, 0.717) is 12.8 Å². The van der Waals surface area contributed by atoms with Gasteiger partial charge in [-0.2, -0.15) is 0 Å². The Morgan fingerprint density at radius 2 is 1.75 bits per heavy atom. The molecule has 3 atom stereocenters. The highest BCUT2D eigenvalue weighted by Gasteiger charge is 2.78. The number of rotatable bonds is 1. The van der Waals surface area contributed by atoms with Crippen molar-refractivity contribution in [2.75, 3.05) is 0 Å². The zero-order valence-electron chi connectivity index (χ0n) is 10.6. The van der Waals surface area contributed by atoms with Gasteiger partial charge in [0.15, 0.2) is 4.33 Å². The molecule has 0 nitrogen and oxygen atoms in total. The van der Waals surface area contributed by atoms with Gasteiger partial charge in [-0.3, -0.25) is 0 Å². The van der Waals surface area contributed by atoms with E-state index >= 15 is 0 Å². The summed E-state index contributed by atoms with van der Waals surface area (Å²) in [5, 5.41) is 0.475. The SMILES string of the molecule is CC(C)(Br)C#CC[C@@H]1C[C@]2(Cl)C(Cl)=C(Cl)[C@@]1(Cl)C2(Cl)Cl. The van der Waals surface area contributed by atoms with Crippen LogP contribution in [0.4, 0.5) is 0 Å². The third-order valence-electron chi connectivity index (χ3n) is 3.64. The van der Waals surface area contributed by atoms with Crippen molar-refractivity contribution in [2.45, 2.75) is 45.1 Å². The van der Waals surface area contributed by atoms with Crippen LogP contribution in [-0.4, -0.2) is 18.4 Å². The molecule has 1 saturated carbocycles. The molecule has 0 amide bonds. The number of allylic oxidation sites excluding steroid dienone is 2. The van der Waals surface area contributed by atoms with Gasteiger partial charge in [0.25, 0.3) is 0 Å². The summed E-state index contributed by atoms with van der Waals surface area (Å²) in [6, 6.07) is 0. The second kappa shape index (κ2) is 5.27. The quantitative estimate of drug-likeness (QED) is 0.314. The summed E-state index contributed by atoms with van der Waals surface area (Å²) >= 11 is 41.8. The normalized spacial score (nSPS) is 39.0. The van der Waals surface area contributed by atoms with E-state index in [2.05, 4.69) is 27.8 Å². The molecule has 0 unspecified atom stereocenters. The number of hydrogen-bond acceptors (Lipinski definition) is 0. The van der Waals surface area contributed by atoms with Gasteiger partial charge in [-0.25, -0.2) is 0 Å². The van der Waals surface area contributed by atoms with Crippen molar-refractivity contribution in [1.82, 2.24) is 0 Å². The first kappa shape index (κ1) is 17.9. The van der Waals surface area contributed by atoms with Crippen LogP contribution in [0.15, 0.2) is 10.1 Å². The maximum atomic E-state index is 6.64. The molecule has 0 aromatic heterocycles. The van der Waals surface area contributed by atoms with Crippen molar-refractivity contribution in [1.29, 1.82) is 0 Å². The highest BCUT2D eigenvalue weighted by atomic mass is 79.9. The molecule has 0 aromatic rings. The fraction of sp³-hybridized carbons (Fsp3) is 0.692. The van der Waals surface area contributed by atoms with Crippen molar-refractivity contribution >= 4 is 85.5 Å². The first-order valence-electron chi connectivity index (χ1n) is 5.89. The van der Waals surface area contributed by atoms with Crippen molar-refractivity contribution in [3.63, 3.8) is 0 Å². The standard InChI is InChI=1S/C13H11BrCl6/c1-10(2,14)5-3-4-7-6-11(17)8(15)9(16)12(7,18)13(11,19)20/h7H,4,6H2,1-2H3/t7-,11+,12-/m1/s1. The minimum absolute atomic E-state index is 0.158. The molecule has 1 fully saturated rings. The Kier molecular flexibility index (Phi) is 4.71. The van der Waals surface area contributed by atoms with Crippen LogP contribution in [0.2, 0.25) is 0 Å². The first-order chi connectivity index (χ1) is 8.88. The van der Waals surface area contributed by atoms with E-state index in [9.17, 15) is 0 Å². The highest BCUT2D eigenvalue weighted by molar-refractivity contribution is 9.10. The molecule has 7 heteroatoms. The summed E-state index contributed by atoms with van der Waals surface area (Å²) in [6.07, 6.45) is 0.937. The van der Waals surface area contributed by atoms with Crippen molar-refractivity contribution in [2.24, 2.45) is 5.92 Å². The summed E-state index contributed by atoms with van der Waals surface area (Å²) in [4.78, 5) is -2.34. The maximum absolute atomic E-state index is 6.64. The highest BCUT2D eigenvalue weighted by Crippen LogP contribution is 2.74. The molecule has 2 aliphatic rings. The summed E-state index contributed by atoms with van der Waals surface area (Å²) in [7, 11) is 0. The average Bonchev–Trinajstić information content (AvgIpc) is 2.50. The monoisotopic (exact) mass is 456 g/mol. The topological polar surface area (TPSA) is 0 Å². The fourth-order valence-corrected chi connectivity index (χ4v) is 5.61. The van der Waals surface area contributed by atoms with Crippen LogP contribution in [0.1, 0.15) is 26.7 Å². The molecular formula is C13H11BrCl6. The molecule has 0 aromatic carbocycles. The molecule has 0 spiro atoms. The number of hydrogen-bond donors (Lipinski definition) is 0. The summed E-state index contributed by atoms with van der Waals surface area (Å²) in [5.41, 5.74) is 0. The van der Waals surface area contributed by atoms with E-state index in [-0.39, 0.29) is 20.3 Å². The number of fused-ring (bicyclic) bond motifs is 2. The lowest BCUT2D eigenvalue weighted by atomic mass is 9.89. The minimum Gasteiger partial charge on any atom is -0.110 e. The predicted octanol–water partition coefficient (Wildman–Crippen LogP) is 6.41. The molecule has 0 heterocycles. The van der Waals surface area contributed by atoms with Crippen molar-refractivity contribution in [3.8, 4) is 11.8 Å². The Hall–Kier alpha value is 1.52. The van der Waals surface area contributed by atoms with E-state index in [1.807, 2.05) is 13.8 Å². The van der Waals surface area contributed by atoms with Gasteiger partial charge in [0.05, 0.1) is 14.4 Å². The number of alkyl halides is 5. The molecule has 2 rings (SSSR count). The Morgan fingerprint density at radius 3 is 2.15 bits per heavy atom. The summed E-state index contributed by atoms with van der Waals surface area (Å²) in [6.45, 7) is 3.91. The first-order valence-corrected chi connectivity index (χ1v) is 8.95. The van der Waals surface area contributed by atoms with Gasteiger partial charge in [-0.15, -0.1) is 29.1 Å². The van der Waals surface area contributed by atoms with Crippen LogP contribution >= 0.6 is 85.5 Å². The summed E-state index contributed by atoms with van der Waals surface area (Å²) in [5.74, 6) is 6.01. The molecule has 2 aliphatic carbocycles. The lowest BCUT2D eigenvalue weighted by molar-refractivity contribution is 0.476. The number of halogens is 7. The summed E-state index contributed by atoms with van der Waals surface area (Å²) < 4.78 is -1.72. The fourth-order valence-electron chi connectivity index (χ4n) is 2.63. The average molecular weight is 460 g/mol. The molecule has 20 heavy (non-hydrogen) atoms. The van der Waals surface area contributed by atoms with Crippen LogP contribution < -0.4 is 0 Å². The zero-order chi connectivity index (χ0) is 15.6. The molecule has 0 aliphatic heterocycles. The van der Waals surface area contributed by atoms with E-state index in [1.165, 1.54) is 0 Å². The predicted molar refractivity (Wildman–Crippen MR) is 93.8 cm³/mol. The van der Waals surface area contributed by atoms with Crippen LogP contribution in [0.5, 0.6) is 0 Å². The van der Waals surface area contributed by atoms with Gasteiger partial charge in [-0.1, -0.05) is 68.3 Å². The smallest absolute Gasteiger partial charge is 0.110 e. The van der Waals surface area contributed by atoms with Gasteiger partial charge >= 0.3 is 0 Å². The van der Waals surface area contributed by atoms with Crippen molar-refractivity contribution < 1.29 is 0 Å². The van der Waals surface area contributed by atoms with E-state index in [1.54, 1.807) is 0 Å². The molecule has 0 radical (unpaired) electrons. The van der Waals surface area contributed by atoms with E-state index in [4.69, 9.17) is 69.6 Å². The maximum Gasteiger partial charge on any atom is 0.166 e. The second-order valence-electron chi connectivity index (χ2n) is 5.59. The largest absolute Gasteiger partial charge is 0.166 e. The Labute approximate surface area is 157 Å². The Bertz CT molecular complexity index is 537. The van der Waals surface area contributed by atoms with E-state index < -0.39 is 14.1 Å². The zero-order valence-corrected chi connectivity index (χ0v) is 16.8. The minimum atomic E-state index is -1.45. The third kappa shape index (κ3) is 2.34. The lowest BCUT2D eigenvalue weighted by Gasteiger charge is -2.33. The molecule has 0 saturated heterocycles. The van der Waals surface area contributed by atoms with Gasteiger partial charge in [0.2, 0.25) is 0 Å². The Balaban J connectivity index is 2.35. The third-order valence-corrected chi connectivity index (χ3v) is 8.16.